The highest BCUT2D eigenvalue weighted by Gasteiger charge is 2.18. The van der Waals surface area contributed by atoms with Crippen LogP contribution in [0.25, 0.3) is 0 Å². The lowest BCUT2D eigenvalue weighted by Gasteiger charge is -2.23. The van der Waals surface area contributed by atoms with Gasteiger partial charge in [0.15, 0.2) is 0 Å². The van der Waals surface area contributed by atoms with E-state index in [1.165, 1.54) is 19.3 Å². The Labute approximate surface area is 116 Å². The Balaban J connectivity index is 2.07. The summed E-state index contributed by atoms with van der Waals surface area (Å²) in [6.45, 7) is 0. The van der Waals surface area contributed by atoms with Crippen molar-refractivity contribution in [2.45, 2.75) is 38.1 Å². The highest BCUT2D eigenvalue weighted by Crippen LogP contribution is 2.23. The molecule has 0 atom stereocenters. The summed E-state index contributed by atoms with van der Waals surface area (Å²) in [6, 6.07) is 5.77. The van der Waals surface area contributed by atoms with Crippen LogP contribution >= 0.6 is 15.9 Å². The maximum Gasteiger partial charge on any atom is 0.252 e. The Morgan fingerprint density at radius 2 is 2.06 bits per heavy atom. The number of nitrogens with one attached hydrogen (secondary N) is 1. The second kappa shape index (κ2) is 6.23. The van der Waals surface area contributed by atoms with Crippen LogP contribution in [0, 0.1) is 0 Å². The predicted octanol–water partition coefficient (Wildman–Crippen LogP) is 3.52. The normalized spacial score (nSPS) is 16.3. The summed E-state index contributed by atoms with van der Waals surface area (Å²) >= 11 is 3.41. The number of carbonyl (C=O) groups is 1. The molecule has 98 valence electrons. The van der Waals surface area contributed by atoms with Crippen molar-refractivity contribution in [2.24, 2.45) is 0 Å². The first-order valence-corrected chi connectivity index (χ1v) is 7.14. The van der Waals surface area contributed by atoms with Crippen molar-refractivity contribution >= 4 is 21.8 Å². The molecule has 0 aromatic heterocycles. The topological polar surface area (TPSA) is 38.3 Å². The van der Waals surface area contributed by atoms with Gasteiger partial charge >= 0.3 is 0 Å². The van der Waals surface area contributed by atoms with Crippen molar-refractivity contribution in [1.82, 2.24) is 5.32 Å². The maximum atomic E-state index is 12.2. The van der Waals surface area contributed by atoms with Gasteiger partial charge in [0.05, 0.1) is 12.7 Å². The lowest BCUT2D eigenvalue weighted by Crippen LogP contribution is -2.36. The van der Waals surface area contributed by atoms with Crippen LogP contribution in [0.5, 0.6) is 5.75 Å². The number of methoxy groups -OCH3 is 1. The Hall–Kier alpha value is -1.03. The summed E-state index contributed by atoms with van der Waals surface area (Å²) in [6.07, 6.45) is 5.89. The summed E-state index contributed by atoms with van der Waals surface area (Å²) in [5.41, 5.74) is 0.639. The van der Waals surface area contributed by atoms with E-state index in [9.17, 15) is 4.79 Å². The lowest BCUT2D eigenvalue weighted by atomic mass is 9.95. The number of hydrogen-bond acceptors (Lipinski definition) is 2. The van der Waals surface area contributed by atoms with E-state index in [0.717, 1.165) is 17.3 Å². The van der Waals surface area contributed by atoms with E-state index in [2.05, 4.69) is 21.2 Å². The Kier molecular flexibility index (Phi) is 4.64. The quantitative estimate of drug-likeness (QED) is 0.927. The van der Waals surface area contributed by atoms with Gasteiger partial charge in [-0.1, -0.05) is 19.3 Å². The molecule has 1 fully saturated rings. The molecule has 0 saturated heterocycles. The molecular weight excluding hydrogens is 294 g/mol. The first-order valence-electron chi connectivity index (χ1n) is 6.35. The van der Waals surface area contributed by atoms with Gasteiger partial charge in [-0.05, 0) is 47.0 Å². The average Bonchev–Trinajstić information content (AvgIpc) is 2.40. The van der Waals surface area contributed by atoms with Crippen molar-refractivity contribution in [3.05, 3.63) is 28.2 Å². The fourth-order valence-corrected chi connectivity index (χ4v) is 2.74. The van der Waals surface area contributed by atoms with E-state index in [1.54, 1.807) is 13.2 Å². The van der Waals surface area contributed by atoms with Gasteiger partial charge in [-0.2, -0.15) is 0 Å². The van der Waals surface area contributed by atoms with E-state index in [1.807, 2.05) is 12.1 Å². The summed E-state index contributed by atoms with van der Waals surface area (Å²) in [7, 11) is 1.60. The van der Waals surface area contributed by atoms with Gasteiger partial charge in [-0.25, -0.2) is 0 Å². The molecule has 0 spiro atoms. The van der Waals surface area contributed by atoms with Crippen molar-refractivity contribution in [3.8, 4) is 5.75 Å². The number of rotatable bonds is 3. The molecule has 1 amide bonds. The third kappa shape index (κ3) is 3.25. The van der Waals surface area contributed by atoms with Gasteiger partial charge in [0, 0.05) is 10.5 Å². The van der Waals surface area contributed by atoms with Crippen LogP contribution in [0.3, 0.4) is 0 Å². The van der Waals surface area contributed by atoms with E-state index in [4.69, 9.17) is 4.74 Å². The Bertz CT molecular complexity index is 428. The minimum Gasteiger partial charge on any atom is -0.497 e. The molecule has 2 rings (SSSR count). The Morgan fingerprint density at radius 3 is 2.72 bits per heavy atom. The zero-order valence-electron chi connectivity index (χ0n) is 10.5. The monoisotopic (exact) mass is 311 g/mol. The highest BCUT2D eigenvalue weighted by atomic mass is 79.9. The first kappa shape index (κ1) is 13.4. The summed E-state index contributed by atoms with van der Waals surface area (Å²) < 4.78 is 5.95. The smallest absolute Gasteiger partial charge is 0.252 e. The third-order valence-electron chi connectivity index (χ3n) is 3.36. The number of carbonyl (C=O) groups excluding carboxylic acids is 1. The van der Waals surface area contributed by atoms with Crippen molar-refractivity contribution in [3.63, 3.8) is 0 Å². The summed E-state index contributed by atoms with van der Waals surface area (Å²) in [4.78, 5) is 12.2. The van der Waals surface area contributed by atoms with E-state index >= 15 is 0 Å². The van der Waals surface area contributed by atoms with Gasteiger partial charge < -0.3 is 10.1 Å². The minimum atomic E-state index is -0.0207. The molecule has 0 heterocycles. The van der Waals surface area contributed by atoms with E-state index in [0.29, 0.717) is 17.4 Å². The standard InChI is InChI=1S/C14H18BrNO2/c1-18-11-7-8-13(15)12(9-11)14(17)16-10-5-3-2-4-6-10/h7-10H,2-6H2,1H3,(H,16,17). The largest absolute Gasteiger partial charge is 0.497 e. The molecule has 0 radical (unpaired) electrons. The summed E-state index contributed by atoms with van der Waals surface area (Å²) in [5.74, 6) is 0.680. The third-order valence-corrected chi connectivity index (χ3v) is 4.05. The molecule has 1 aliphatic carbocycles. The number of hydrogen-bond donors (Lipinski definition) is 1. The molecule has 1 aromatic rings. The molecule has 1 saturated carbocycles. The zero-order chi connectivity index (χ0) is 13.0. The predicted molar refractivity (Wildman–Crippen MR) is 75.0 cm³/mol. The Morgan fingerprint density at radius 1 is 1.33 bits per heavy atom. The van der Waals surface area contributed by atoms with Gasteiger partial charge in [0.2, 0.25) is 0 Å². The number of ether oxygens (including phenoxy) is 1. The number of benzene rings is 1. The van der Waals surface area contributed by atoms with Crippen LogP contribution in [0.4, 0.5) is 0 Å². The van der Waals surface area contributed by atoms with Crippen LogP contribution in [0.15, 0.2) is 22.7 Å². The molecule has 18 heavy (non-hydrogen) atoms. The van der Waals surface area contributed by atoms with Crippen LogP contribution in [0.2, 0.25) is 0 Å². The van der Waals surface area contributed by atoms with E-state index < -0.39 is 0 Å². The first-order chi connectivity index (χ1) is 8.70. The molecule has 3 nitrogen and oxygen atoms in total. The molecule has 1 aliphatic rings. The molecule has 1 aromatic carbocycles. The maximum absolute atomic E-state index is 12.2. The van der Waals surface area contributed by atoms with Gasteiger partial charge in [-0.15, -0.1) is 0 Å². The van der Waals surface area contributed by atoms with Crippen LogP contribution < -0.4 is 10.1 Å². The van der Waals surface area contributed by atoms with Crippen LogP contribution in [0.1, 0.15) is 42.5 Å². The molecule has 0 aliphatic heterocycles. The highest BCUT2D eigenvalue weighted by molar-refractivity contribution is 9.10. The number of amides is 1. The molecule has 0 unspecified atom stereocenters. The molecule has 0 bridgehead atoms. The second-order valence-corrected chi connectivity index (χ2v) is 5.51. The molecular formula is C14H18BrNO2. The van der Waals surface area contributed by atoms with Gasteiger partial charge in [0.25, 0.3) is 5.91 Å². The fraction of sp³-hybridized carbons (Fsp3) is 0.500. The van der Waals surface area contributed by atoms with E-state index in [-0.39, 0.29) is 5.91 Å². The van der Waals surface area contributed by atoms with Crippen LogP contribution in [-0.4, -0.2) is 19.1 Å². The molecule has 1 N–H and O–H groups in total. The second-order valence-electron chi connectivity index (χ2n) is 4.65. The SMILES string of the molecule is COc1ccc(Br)c(C(=O)NC2CCCCC2)c1. The zero-order valence-corrected chi connectivity index (χ0v) is 12.1. The van der Waals surface area contributed by atoms with Gasteiger partial charge in [-0.3, -0.25) is 4.79 Å². The fourth-order valence-electron chi connectivity index (χ4n) is 2.32. The number of halogens is 1. The van der Waals surface area contributed by atoms with Gasteiger partial charge in [0.1, 0.15) is 5.75 Å². The van der Waals surface area contributed by atoms with Crippen molar-refractivity contribution in [2.75, 3.05) is 7.11 Å². The van der Waals surface area contributed by atoms with Crippen molar-refractivity contribution < 1.29 is 9.53 Å². The molecule has 4 heteroatoms. The van der Waals surface area contributed by atoms with Crippen LogP contribution in [-0.2, 0) is 0 Å². The van der Waals surface area contributed by atoms with Crippen molar-refractivity contribution in [1.29, 1.82) is 0 Å². The average molecular weight is 312 g/mol. The summed E-state index contributed by atoms with van der Waals surface area (Å²) in [5, 5.41) is 3.10. The lowest BCUT2D eigenvalue weighted by molar-refractivity contribution is 0.0926. The minimum absolute atomic E-state index is 0.0207.